The molecular formula is C24H29NO5. The van der Waals surface area contributed by atoms with E-state index in [1.165, 1.54) is 12.0 Å². The standard InChI is InChI=1S/C24H29NO5/c1-16-11-12-18-14-25(23(27)30-24(2,3)4)20(22(26)28-5)13-19(18)21(16)29-15-17-9-7-6-8-10-17/h6-12,20H,13-15H2,1-5H3/t20-/m0/s1. The zero-order valence-electron chi connectivity index (χ0n) is 18.2. The second-order valence-electron chi connectivity index (χ2n) is 8.47. The predicted octanol–water partition coefficient (Wildman–Crippen LogP) is 4.41. The normalized spacial score (nSPS) is 15.9. The van der Waals surface area contributed by atoms with Gasteiger partial charge in [-0.3, -0.25) is 4.90 Å². The number of hydrogen-bond acceptors (Lipinski definition) is 5. The van der Waals surface area contributed by atoms with E-state index in [0.29, 0.717) is 13.0 Å². The lowest BCUT2D eigenvalue weighted by molar-refractivity contribution is -0.147. The largest absolute Gasteiger partial charge is 0.488 e. The summed E-state index contributed by atoms with van der Waals surface area (Å²) in [4.78, 5) is 26.7. The molecule has 0 fully saturated rings. The van der Waals surface area contributed by atoms with E-state index in [4.69, 9.17) is 14.2 Å². The van der Waals surface area contributed by atoms with Gasteiger partial charge in [-0.2, -0.15) is 0 Å². The molecule has 0 bridgehead atoms. The van der Waals surface area contributed by atoms with E-state index in [2.05, 4.69) is 0 Å². The quantitative estimate of drug-likeness (QED) is 0.698. The molecule has 0 aromatic heterocycles. The minimum absolute atomic E-state index is 0.256. The molecule has 1 heterocycles. The second kappa shape index (κ2) is 8.78. The summed E-state index contributed by atoms with van der Waals surface area (Å²) in [5, 5.41) is 0. The van der Waals surface area contributed by atoms with E-state index in [1.807, 2.05) is 49.4 Å². The summed E-state index contributed by atoms with van der Waals surface area (Å²) >= 11 is 0. The van der Waals surface area contributed by atoms with Crippen molar-refractivity contribution in [1.82, 2.24) is 4.90 Å². The average molecular weight is 411 g/mol. The van der Waals surface area contributed by atoms with Crippen molar-refractivity contribution in [1.29, 1.82) is 0 Å². The number of fused-ring (bicyclic) bond motifs is 1. The summed E-state index contributed by atoms with van der Waals surface area (Å²) in [6.45, 7) is 8.06. The number of rotatable bonds is 4. The maximum absolute atomic E-state index is 12.8. The maximum atomic E-state index is 12.8. The Morgan fingerprint density at radius 1 is 1.10 bits per heavy atom. The Morgan fingerprint density at radius 2 is 1.80 bits per heavy atom. The van der Waals surface area contributed by atoms with Gasteiger partial charge in [-0.1, -0.05) is 42.5 Å². The zero-order valence-corrected chi connectivity index (χ0v) is 18.2. The summed E-state index contributed by atoms with van der Waals surface area (Å²) in [5.41, 5.74) is 3.26. The predicted molar refractivity (Wildman–Crippen MR) is 113 cm³/mol. The summed E-state index contributed by atoms with van der Waals surface area (Å²) < 4.78 is 16.7. The highest BCUT2D eigenvalue weighted by atomic mass is 16.6. The molecule has 0 radical (unpaired) electrons. The van der Waals surface area contributed by atoms with Crippen molar-refractivity contribution in [2.75, 3.05) is 7.11 Å². The molecule has 1 atom stereocenters. The van der Waals surface area contributed by atoms with E-state index in [1.54, 1.807) is 20.8 Å². The SMILES string of the molecule is COC(=O)[C@@H]1Cc2c(ccc(C)c2OCc2ccccc2)CN1C(=O)OC(C)(C)C. The fourth-order valence-corrected chi connectivity index (χ4v) is 3.54. The number of esters is 1. The molecule has 6 nitrogen and oxygen atoms in total. The number of carbonyl (C=O) groups excluding carboxylic acids is 2. The third kappa shape index (κ3) is 4.93. The van der Waals surface area contributed by atoms with Gasteiger partial charge in [0, 0.05) is 12.0 Å². The van der Waals surface area contributed by atoms with Crippen molar-refractivity contribution in [2.45, 2.75) is 58.9 Å². The lowest BCUT2D eigenvalue weighted by Crippen LogP contribution is -2.50. The van der Waals surface area contributed by atoms with Crippen molar-refractivity contribution in [2.24, 2.45) is 0 Å². The van der Waals surface area contributed by atoms with Crippen LogP contribution in [0.1, 0.15) is 43.0 Å². The van der Waals surface area contributed by atoms with Gasteiger partial charge >= 0.3 is 12.1 Å². The first-order valence-corrected chi connectivity index (χ1v) is 10.0. The van der Waals surface area contributed by atoms with Crippen LogP contribution in [-0.2, 0) is 33.8 Å². The number of ether oxygens (including phenoxy) is 3. The van der Waals surface area contributed by atoms with Crippen molar-refractivity contribution in [3.8, 4) is 5.75 Å². The lowest BCUT2D eigenvalue weighted by Gasteiger charge is -2.37. The third-order valence-corrected chi connectivity index (χ3v) is 5.00. The molecule has 6 heteroatoms. The van der Waals surface area contributed by atoms with Gasteiger partial charge < -0.3 is 14.2 Å². The van der Waals surface area contributed by atoms with Gasteiger partial charge in [-0.15, -0.1) is 0 Å². The molecule has 0 saturated heterocycles. The average Bonchev–Trinajstić information content (AvgIpc) is 2.71. The monoisotopic (exact) mass is 411 g/mol. The van der Waals surface area contributed by atoms with E-state index in [0.717, 1.165) is 28.0 Å². The topological polar surface area (TPSA) is 65.1 Å². The minimum atomic E-state index is -0.766. The number of amides is 1. The van der Waals surface area contributed by atoms with E-state index in [9.17, 15) is 9.59 Å². The highest BCUT2D eigenvalue weighted by molar-refractivity contribution is 5.83. The zero-order chi connectivity index (χ0) is 21.9. The van der Waals surface area contributed by atoms with Gasteiger partial charge in [-0.05, 0) is 44.4 Å². The fraction of sp³-hybridized carbons (Fsp3) is 0.417. The molecule has 2 aromatic rings. The van der Waals surface area contributed by atoms with E-state index >= 15 is 0 Å². The summed E-state index contributed by atoms with van der Waals surface area (Å²) in [7, 11) is 1.33. The number of aryl methyl sites for hydroxylation is 1. The molecule has 0 saturated carbocycles. The minimum Gasteiger partial charge on any atom is -0.488 e. The summed E-state index contributed by atoms with van der Waals surface area (Å²) in [6.07, 6.45) is -0.219. The smallest absolute Gasteiger partial charge is 0.411 e. The molecule has 1 amide bonds. The molecule has 1 aliphatic heterocycles. The number of nitrogens with zero attached hydrogens (tertiary/aromatic N) is 1. The van der Waals surface area contributed by atoms with Crippen molar-refractivity contribution >= 4 is 12.1 Å². The molecule has 0 spiro atoms. The van der Waals surface area contributed by atoms with Crippen LogP contribution in [0.4, 0.5) is 4.79 Å². The van der Waals surface area contributed by atoms with Crippen LogP contribution in [0.25, 0.3) is 0 Å². The van der Waals surface area contributed by atoms with Crippen molar-refractivity contribution < 1.29 is 23.8 Å². The Bertz CT molecular complexity index is 917. The Balaban J connectivity index is 1.91. The summed E-state index contributed by atoms with van der Waals surface area (Å²) in [5.74, 6) is 0.288. The van der Waals surface area contributed by atoms with Crippen LogP contribution >= 0.6 is 0 Å². The van der Waals surface area contributed by atoms with Gasteiger partial charge in [0.15, 0.2) is 0 Å². The van der Waals surface area contributed by atoms with Gasteiger partial charge in [0.25, 0.3) is 0 Å². The molecule has 0 aliphatic carbocycles. The first-order chi connectivity index (χ1) is 14.2. The second-order valence-corrected chi connectivity index (χ2v) is 8.47. The molecule has 0 unspecified atom stereocenters. The molecule has 2 aromatic carbocycles. The van der Waals surface area contributed by atoms with Crippen LogP contribution in [0.3, 0.4) is 0 Å². The van der Waals surface area contributed by atoms with Gasteiger partial charge in [0.1, 0.15) is 24.0 Å². The van der Waals surface area contributed by atoms with Crippen LogP contribution in [0, 0.1) is 6.92 Å². The number of carbonyl (C=O) groups is 2. The molecule has 160 valence electrons. The first-order valence-electron chi connectivity index (χ1n) is 10.0. The van der Waals surface area contributed by atoms with Crippen molar-refractivity contribution in [3.05, 3.63) is 64.7 Å². The first kappa shape index (κ1) is 21.7. The highest BCUT2D eigenvalue weighted by Crippen LogP contribution is 2.35. The van der Waals surface area contributed by atoms with Gasteiger partial charge in [0.2, 0.25) is 0 Å². The maximum Gasteiger partial charge on any atom is 0.411 e. The lowest BCUT2D eigenvalue weighted by atomic mass is 9.91. The molecule has 30 heavy (non-hydrogen) atoms. The van der Waals surface area contributed by atoms with Crippen molar-refractivity contribution in [3.63, 3.8) is 0 Å². The molecule has 1 aliphatic rings. The Kier molecular flexibility index (Phi) is 6.34. The molecular weight excluding hydrogens is 382 g/mol. The van der Waals surface area contributed by atoms with E-state index in [-0.39, 0.29) is 6.54 Å². The van der Waals surface area contributed by atoms with Crippen LogP contribution in [-0.4, -0.2) is 35.7 Å². The number of benzene rings is 2. The Morgan fingerprint density at radius 3 is 2.43 bits per heavy atom. The molecule has 0 N–H and O–H groups in total. The van der Waals surface area contributed by atoms with Crippen LogP contribution in [0.5, 0.6) is 5.75 Å². The molecule has 3 rings (SSSR count). The fourth-order valence-electron chi connectivity index (χ4n) is 3.54. The van der Waals surface area contributed by atoms with E-state index < -0.39 is 23.7 Å². The van der Waals surface area contributed by atoms with Crippen LogP contribution < -0.4 is 4.74 Å². The summed E-state index contributed by atoms with van der Waals surface area (Å²) in [6, 6.07) is 13.1. The highest BCUT2D eigenvalue weighted by Gasteiger charge is 2.39. The Labute approximate surface area is 177 Å². The van der Waals surface area contributed by atoms with Gasteiger partial charge in [0.05, 0.1) is 13.7 Å². The van der Waals surface area contributed by atoms with Gasteiger partial charge in [-0.25, -0.2) is 9.59 Å². The third-order valence-electron chi connectivity index (χ3n) is 5.00. The van der Waals surface area contributed by atoms with Crippen LogP contribution in [0.2, 0.25) is 0 Å². The Hall–Kier alpha value is -3.02. The number of hydrogen-bond donors (Lipinski definition) is 0. The number of methoxy groups -OCH3 is 1. The van der Waals surface area contributed by atoms with Crippen LogP contribution in [0.15, 0.2) is 42.5 Å².